The van der Waals surface area contributed by atoms with E-state index in [1.807, 2.05) is 36.0 Å². The standard InChI is InChI=1S/C18H20N6O/c1-13-5-10-20-23(13)12-18(25)22-16-3-2-4-17-15(16)11-21-24(17)14-6-8-19-9-7-14/h5-11,16H,2-4,12H2,1H3,(H,22,25)/t16-/m0/s1. The van der Waals surface area contributed by atoms with Crippen LogP contribution in [0, 0.1) is 6.92 Å². The highest BCUT2D eigenvalue weighted by Gasteiger charge is 2.26. The lowest BCUT2D eigenvalue weighted by Gasteiger charge is -2.24. The van der Waals surface area contributed by atoms with E-state index in [1.165, 1.54) is 0 Å². The number of aromatic nitrogens is 5. The van der Waals surface area contributed by atoms with Gasteiger partial charge in [0.05, 0.1) is 17.9 Å². The van der Waals surface area contributed by atoms with Crippen molar-refractivity contribution in [3.05, 3.63) is 59.9 Å². The number of carbonyl (C=O) groups is 1. The fraction of sp³-hybridized carbons (Fsp3) is 0.333. The molecule has 0 bridgehead atoms. The molecule has 0 unspecified atom stereocenters. The van der Waals surface area contributed by atoms with Crippen molar-refractivity contribution in [2.24, 2.45) is 0 Å². The summed E-state index contributed by atoms with van der Waals surface area (Å²) in [5, 5.41) is 11.8. The fourth-order valence-electron chi connectivity index (χ4n) is 3.35. The number of rotatable bonds is 4. The quantitative estimate of drug-likeness (QED) is 0.790. The highest BCUT2D eigenvalue weighted by molar-refractivity contribution is 5.76. The van der Waals surface area contributed by atoms with Crippen LogP contribution in [-0.4, -0.2) is 30.5 Å². The third-order valence-electron chi connectivity index (χ3n) is 4.65. The molecule has 0 fully saturated rings. The van der Waals surface area contributed by atoms with Crippen LogP contribution in [0.25, 0.3) is 5.69 Å². The van der Waals surface area contributed by atoms with Gasteiger partial charge < -0.3 is 5.32 Å². The Morgan fingerprint density at radius 3 is 2.84 bits per heavy atom. The van der Waals surface area contributed by atoms with Crippen LogP contribution < -0.4 is 5.32 Å². The van der Waals surface area contributed by atoms with Crippen molar-refractivity contribution >= 4 is 5.91 Å². The van der Waals surface area contributed by atoms with Gasteiger partial charge in [0.2, 0.25) is 5.91 Å². The van der Waals surface area contributed by atoms with Gasteiger partial charge in [-0.15, -0.1) is 0 Å². The third kappa shape index (κ3) is 3.05. The van der Waals surface area contributed by atoms with E-state index in [9.17, 15) is 4.79 Å². The minimum Gasteiger partial charge on any atom is -0.348 e. The Bertz CT molecular complexity index is 882. The lowest BCUT2D eigenvalue weighted by Crippen LogP contribution is -2.33. The van der Waals surface area contributed by atoms with Gasteiger partial charge in [-0.25, -0.2) is 4.68 Å². The number of carbonyl (C=O) groups excluding carboxylic acids is 1. The monoisotopic (exact) mass is 336 g/mol. The van der Waals surface area contributed by atoms with E-state index in [2.05, 4.69) is 20.5 Å². The highest BCUT2D eigenvalue weighted by Crippen LogP contribution is 2.30. The van der Waals surface area contributed by atoms with E-state index in [0.717, 1.165) is 41.9 Å². The summed E-state index contributed by atoms with van der Waals surface area (Å²) in [7, 11) is 0. The third-order valence-corrected chi connectivity index (χ3v) is 4.65. The predicted molar refractivity (Wildman–Crippen MR) is 92.1 cm³/mol. The maximum absolute atomic E-state index is 12.4. The van der Waals surface area contributed by atoms with Gasteiger partial charge in [-0.3, -0.25) is 14.5 Å². The van der Waals surface area contributed by atoms with E-state index in [4.69, 9.17) is 0 Å². The average Bonchev–Trinajstić information content (AvgIpc) is 3.23. The number of fused-ring (bicyclic) bond motifs is 1. The van der Waals surface area contributed by atoms with E-state index in [-0.39, 0.29) is 18.5 Å². The van der Waals surface area contributed by atoms with Crippen molar-refractivity contribution < 1.29 is 4.79 Å². The van der Waals surface area contributed by atoms with Gasteiger partial charge >= 0.3 is 0 Å². The smallest absolute Gasteiger partial charge is 0.242 e. The summed E-state index contributed by atoms with van der Waals surface area (Å²) in [6.45, 7) is 2.18. The lowest BCUT2D eigenvalue weighted by atomic mass is 9.93. The molecule has 0 saturated carbocycles. The largest absolute Gasteiger partial charge is 0.348 e. The summed E-state index contributed by atoms with van der Waals surface area (Å²) in [5.41, 5.74) is 4.24. The molecule has 7 nitrogen and oxygen atoms in total. The molecule has 1 atom stereocenters. The SMILES string of the molecule is Cc1ccnn1CC(=O)N[C@H]1CCCc2c1cnn2-c1ccncc1. The van der Waals surface area contributed by atoms with Crippen LogP contribution in [0.4, 0.5) is 0 Å². The molecule has 0 aromatic carbocycles. The first kappa shape index (κ1) is 15.6. The van der Waals surface area contributed by atoms with E-state index in [1.54, 1.807) is 23.3 Å². The Hall–Kier alpha value is -2.96. The molecule has 1 aliphatic rings. The van der Waals surface area contributed by atoms with Crippen molar-refractivity contribution in [2.75, 3.05) is 0 Å². The zero-order valence-corrected chi connectivity index (χ0v) is 14.1. The maximum atomic E-state index is 12.4. The first-order valence-corrected chi connectivity index (χ1v) is 8.47. The second kappa shape index (κ2) is 6.51. The first-order chi connectivity index (χ1) is 12.2. The lowest BCUT2D eigenvalue weighted by molar-refractivity contribution is -0.122. The second-order valence-corrected chi connectivity index (χ2v) is 6.31. The molecule has 7 heteroatoms. The molecule has 3 heterocycles. The molecule has 25 heavy (non-hydrogen) atoms. The van der Waals surface area contributed by atoms with Crippen molar-refractivity contribution in [3.63, 3.8) is 0 Å². The van der Waals surface area contributed by atoms with Gasteiger partial charge in [-0.1, -0.05) is 0 Å². The number of hydrogen-bond donors (Lipinski definition) is 1. The molecule has 0 aliphatic heterocycles. The van der Waals surface area contributed by atoms with Crippen LogP contribution in [0.1, 0.15) is 35.8 Å². The molecule has 3 aromatic heterocycles. The Kier molecular flexibility index (Phi) is 4.05. The Labute approximate surface area is 145 Å². The Morgan fingerprint density at radius 2 is 2.08 bits per heavy atom. The van der Waals surface area contributed by atoms with Crippen molar-refractivity contribution in [1.82, 2.24) is 29.9 Å². The van der Waals surface area contributed by atoms with Gasteiger partial charge in [0, 0.05) is 35.5 Å². The molecular weight excluding hydrogens is 316 g/mol. The minimum atomic E-state index is -0.0266. The summed E-state index contributed by atoms with van der Waals surface area (Å²) in [5.74, 6) is -0.0266. The van der Waals surface area contributed by atoms with Gasteiger partial charge in [0.1, 0.15) is 6.54 Å². The average molecular weight is 336 g/mol. The van der Waals surface area contributed by atoms with Crippen LogP contribution in [0.3, 0.4) is 0 Å². The normalized spacial score (nSPS) is 16.4. The second-order valence-electron chi connectivity index (χ2n) is 6.31. The molecule has 1 amide bonds. The zero-order valence-electron chi connectivity index (χ0n) is 14.1. The fourth-order valence-corrected chi connectivity index (χ4v) is 3.35. The summed E-state index contributed by atoms with van der Waals surface area (Å²) < 4.78 is 3.66. The number of hydrogen-bond acceptors (Lipinski definition) is 4. The molecule has 4 rings (SSSR count). The maximum Gasteiger partial charge on any atom is 0.242 e. The number of amides is 1. The summed E-state index contributed by atoms with van der Waals surface area (Å²) in [4.78, 5) is 16.5. The van der Waals surface area contributed by atoms with Gasteiger partial charge in [0.15, 0.2) is 0 Å². The molecule has 1 aliphatic carbocycles. The molecule has 0 spiro atoms. The van der Waals surface area contributed by atoms with Gasteiger partial charge in [-0.05, 0) is 44.4 Å². The number of pyridine rings is 1. The van der Waals surface area contributed by atoms with E-state index >= 15 is 0 Å². The minimum absolute atomic E-state index is 0.00251. The van der Waals surface area contributed by atoms with E-state index < -0.39 is 0 Å². The topological polar surface area (TPSA) is 77.6 Å². The predicted octanol–water partition coefficient (Wildman–Crippen LogP) is 1.97. The van der Waals surface area contributed by atoms with Crippen LogP contribution in [0.2, 0.25) is 0 Å². The van der Waals surface area contributed by atoms with Crippen molar-refractivity contribution in [2.45, 2.75) is 38.8 Å². The van der Waals surface area contributed by atoms with Crippen molar-refractivity contribution in [1.29, 1.82) is 0 Å². The highest BCUT2D eigenvalue weighted by atomic mass is 16.2. The molecule has 0 saturated heterocycles. The van der Waals surface area contributed by atoms with Gasteiger partial charge in [-0.2, -0.15) is 10.2 Å². The molecular formula is C18H20N6O. The number of aryl methyl sites for hydroxylation is 1. The van der Waals surface area contributed by atoms with Crippen molar-refractivity contribution in [3.8, 4) is 5.69 Å². The zero-order chi connectivity index (χ0) is 17.2. The van der Waals surface area contributed by atoms with Crippen LogP contribution in [0.15, 0.2) is 43.0 Å². The van der Waals surface area contributed by atoms with Gasteiger partial charge in [0.25, 0.3) is 0 Å². The Balaban J connectivity index is 1.53. The molecule has 0 radical (unpaired) electrons. The summed E-state index contributed by atoms with van der Waals surface area (Å²) >= 11 is 0. The molecule has 1 N–H and O–H groups in total. The van der Waals surface area contributed by atoms with Crippen LogP contribution in [-0.2, 0) is 17.8 Å². The van der Waals surface area contributed by atoms with Crippen LogP contribution in [0.5, 0.6) is 0 Å². The molecule has 128 valence electrons. The Morgan fingerprint density at radius 1 is 1.24 bits per heavy atom. The number of nitrogens with one attached hydrogen (secondary N) is 1. The van der Waals surface area contributed by atoms with Crippen LogP contribution >= 0.6 is 0 Å². The summed E-state index contributed by atoms with van der Waals surface area (Å²) in [6, 6.07) is 5.78. The summed E-state index contributed by atoms with van der Waals surface area (Å²) in [6.07, 6.45) is 10.0. The molecule has 3 aromatic rings. The van der Waals surface area contributed by atoms with E-state index in [0.29, 0.717) is 0 Å². The first-order valence-electron chi connectivity index (χ1n) is 8.47. The number of nitrogens with zero attached hydrogens (tertiary/aromatic N) is 5.